The highest BCUT2D eigenvalue weighted by Crippen LogP contribution is 2.58. The zero-order chi connectivity index (χ0) is 15.7. The van der Waals surface area contributed by atoms with E-state index in [-0.39, 0.29) is 29.3 Å². The summed E-state index contributed by atoms with van der Waals surface area (Å²) in [5.74, 6) is 0.212. The Morgan fingerprint density at radius 2 is 2.32 bits per heavy atom. The molecule has 2 atom stereocenters. The van der Waals surface area contributed by atoms with Crippen LogP contribution in [0.25, 0.3) is 0 Å². The van der Waals surface area contributed by atoms with Crippen LogP contribution in [0.15, 0.2) is 17.5 Å². The molecule has 2 N–H and O–H groups in total. The summed E-state index contributed by atoms with van der Waals surface area (Å²) in [6.45, 7) is 6.00. The molecule has 3 amide bonds. The number of likely N-dealkylation sites (tertiary alicyclic amines) is 1. The van der Waals surface area contributed by atoms with Crippen LogP contribution in [-0.4, -0.2) is 36.0 Å². The van der Waals surface area contributed by atoms with Gasteiger partial charge in [0.2, 0.25) is 5.91 Å². The molecule has 1 spiro atoms. The van der Waals surface area contributed by atoms with Gasteiger partial charge in [-0.05, 0) is 38.1 Å². The maximum absolute atomic E-state index is 12.3. The van der Waals surface area contributed by atoms with Gasteiger partial charge in [0.05, 0.1) is 6.54 Å². The smallest absolute Gasteiger partial charge is 0.317 e. The summed E-state index contributed by atoms with van der Waals surface area (Å²) >= 11 is 1.65. The third-order valence-corrected chi connectivity index (χ3v) is 5.48. The van der Waals surface area contributed by atoms with Gasteiger partial charge in [-0.1, -0.05) is 6.07 Å². The second-order valence-corrected chi connectivity index (χ2v) is 7.72. The minimum Gasteiger partial charge on any atom is -0.351 e. The van der Waals surface area contributed by atoms with Crippen LogP contribution in [0.2, 0.25) is 0 Å². The minimum atomic E-state index is -0.00322. The number of nitrogens with zero attached hydrogens (tertiary/aromatic N) is 1. The summed E-state index contributed by atoms with van der Waals surface area (Å²) in [6, 6.07) is 4.17. The molecule has 1 aliphatic heterocycles. The lowest BCUT2D eigenvalue weighted by Crippen LogP contribution is -2.42. The van der Waals surface area contributed by atoms with E-state index in [4.69, 9.17) is 0 Å². The molecule has 3 rings (SSSR count). The summed E-state index contributed by atoms with van der Waals surface area (Å²) < 4.78 is 0. The Morgan fingerprint density at radius 1 is 1.50 bits per heavy atom. The number of hydrogen-bond acceptors (Lipinski definition) is 3. The predicted molar refractivity (Wildman–Crippen MR) is 86.6 cm³/mol. The molecule has 1 aromatic rings. The summed E-state index contributed by atoms with van der Waals surface area (Å²) in [4.78, 5) is 27.4. The third kappa shape index (κ3) is 3.11. The van der Waals surface area contributed by atoms with Crippen LogP contribution in [0.3, 0.4) is 0 Å². The fraction of sp³-hybridized carbons (Fsp3) is 0.625. The molecule has 5 nitrogen and oxygen atoms in total. The molecular weight excluding hydrogens is 298 g/mol. The van der Waals surface area contributed by atoms with Gasteiger partial charge in [-0.15, -0.1) is 11.3 Å². The van der Waals surface area contributed by atoms with Crippen molar-refractivity contribution in [3.05, 3.63) is 22.4 Å². The average molecular weight is 321 g/mol. The number of nitrogens with one attached hydrogen (secondary N) is 2. The largest absolute Gasteiger partial charge is 0.351 e. The Labute approximate surface area is 135 Å². The first-order chi connectivity index (χ1) is 10.5. The van der Waals surface area contributed by atoms with Crippen LogP contribution in [0, 0.1) is 11.3 Å². The van der Waals surface area contributed by atoms with Gasteiger partial charge in [-0.3, -0.25) is 4.79 Å². The SMILES string of the molecule is CC(C)NC(=O)N1CC[C@]2(C[C@H]2C(=O)NCc2cccs2)C1. The minimum absolute atomic E-state index is 0.00322. The van der Waals surface area contributed by atoms with Crippen LogP contribution in [0.1, 0.15) is 31.6 Å². The van der Waals surface area contributed by atoms with E-state index < -0.39 is 0 Å². The first-order valence-electron chi connectivity index (χ1n) is 7.86. The molecule has 1 aromatic heterocycles. The van der Waals surface area contributed by atoms with Crippen molar-refractivity contribution in [1.82, 2.24) is 15.5 Å². The Balaban J connectivity index is 1.49. The fourth-order valence-electron chi connectivity index (χ4n) is 3.29. The number of hydrogen-bond donors (Lipinski definition) is 2. The van der Waals surface area contributed by atoms with E-state index >= 15 is 0 Å². The third-order valence-electron chi connectivity index (χ3n) is 4.61. The first kappa shape index (κ1) is 15.3. The second kappa shape index (κ2) is 5.91. The number of urea groups is 1. The van der Waals surface area contributed by atoms with Gasteiger partial charge >= 0.3 is 6.03 Å². The van der Waals surface area contributed by atoms with Gasteiger partial charge in [0.25, 0.3) is 0 Å². The Morgan fingerprint density at radius 3 is 3.00 bits per heavy atom. The van der Waals surface area contributed by atoms with Crippen LogP contribution < -0.4 is 10.6 Å². The number of amides is 3. The molecule has 2 aliphatic rings. The number of rotatable bonds is 4. The molecular formula is C16H23N3O2S. The van der Waals surface area contributed by atoms with Gasteiger partial charge in [0.1, 0.15) is 0 Å². The number of thiophene rings is 1. The van der Waals surface area contributed by atoms with Crippen molar-refractivity contribution in [2.75, 3.05) is 13.1 Å². The predicted octanol–water partition coefficient (Wildman–Crippen LogP) is 2.19. The molecule has 2 heterocycles. The van der Waals surface area contributed by atoms with E-state index in [1.54, 1.807) is 11.3 Å². The molecule has 0 radical (unpaired) electrons. The van der Waals surface area contributed by atoms with Gasteiger partial charge < -0.3 is 15.5 Å². The highest BCUT2D eigenvalue weighted by molar-refractivity contribution is 7.09. The second-order valence-electron chi connectivity index (χ2n) is 6.69. The van der Waals surface area contributed by atoms with Crippen molar-refractivity contribution >= 4 is 23.3 Å². The average Bonchev–Trinajstić information content (AvgIpc) is 2.81. The highest BCUT2D eigenvalue weighted by Gasteiger charge is 2.61. The van der Waals surface area contributed by atoms with Gasteiger partial charge in [0.15, 0.2) is 0 Å². The summed E-state index contributed by atoms with van der Waals surface area (Å²) in [5.41, 5.74) is 0.0356. The standard InChI is InChI=1S/C16H23N3O2S/c1-11(2)18-15(21)19-6-5-16(10-19)8-13(16)14(20)17-9-12-4-3-7-22-12/h3-4,7,11,13H,5-6,8-10H2,1-2H3,(H,17,20)(H,18,21)/t13-,16-/m0/s1. The number of carbonyl (C=O) groups is 2. The van der Waals surface area contributed by atoms with E-state index in [2.05, 4.69) is 10.6 Å². The quantitative estimate of drug-likeness (QED) is 0.893. The van der Waals surface area contributed by atoms with E-state index in [1.807, 2.05) is 36.3 Å². The lowest BCUT2D eigenvalue weighted by atomic mass is 10.0. The molecule has 6 heteroatoms. The molecule has 0 unspecified atom stereocenters. The fourth-order valence-corrected chi connectivity index (χ4v) is 3.93. The zero-order valence-corrected chi connectivity index (χ0v) is 13.9. The monoisotopic (exact) mass is 321 g/mol. The highest BCUT2D eigenvalue weighted by atomic mass is 32.1. The molecule has 0 aromatic carbocycles. The van der Waals surface area contributed by atoms with Crippen LogP contribution in [-0.2, 0) is 11.3 Å². The van der Waals surface area contributed by atoms with Crippen molar-refractivity contribution in [2.24, 2.45) is 11.3 Å². The van der Waals surface area contributed by atoms with Crippen molar-refractivity contribution < 1.29 is 9.59 Å². The molecule has 2 fully saturated rings. The molecule has 1 saturated carbocycles. The lowest BCUT2D eigenvalue weighted by molar-refractivity contribution is -0.123. The van der Waals surface area contributed by atoms with Gasteiger partial charge in [-0.2, -0.15) is 0 Å². The summed E-state index contributed by atoms with van der Waals surface area (Å²) in [5, 5.41) is 7.97. The molecule has 1 aliphatic carbocycles. The molecule has 0 bridgehead atoms. The van der Waals surface area contributed by atoms with E-state index in [1.165, 1.54) is 4.88 Å². The molecule has 22 heavy (non-hydrogen) atoms. The van der Waals surface area contributed by atoms with E-state index in [0.29, 0.717) is 13.1 Å². The summed E-state index contributed by atoms with van der Waals surface area (Å²) in [6.07, 6.45) is 1.85. The molecule has 120 valence electrons. The van der Waals surface area contributed by atoms with Crippen molar-refractivity contribution in [3.63, 3.8) is 0 Å². The zero-order valence-electron chi connectivity index (χ0n) is 13.1. The van der Waals surface area contributed by atoms with Crippen LogP contribution >= 0.6 is 11.3 Å². The van der Waals surface area contributed by atoms with E-state index in [9.17, 15) is 9.59 Å². The van der Waals surface area contributed by atoms with Crippen molar-refractivity contribution in [1.29, 1.82) is 0 Å². The topological polar surface area (TPSA) is 61.4 Å². The Bertz CT molecular complexity index is 558. The van der Waals surface area contributed by atoms with E-state index in [0.717, 1.165) is 19.4 Å². The maximum Gasteiger partial charge on any atom is 0.317 e. The van der Waals surface area contributed by atoms with Crippen molar-refractivity contribution in [3.8, 4) is 0 Å². The van der Waals surface area contributed by atoms with Gasteiger partial charge in [0, 0.05) is 35.3 Å². The van der Waals surface area contributed by atoms with Crippen molar-refractivity contribution in [2.45, 2.75) is 39.3 Å². The van der Waals surface area contributed by atoms with Crippen LogP contribution in [0.5, 0.6) is 0 Å². The van der Waals surface area contributed by atoms with Gasteiger partial charge in [-0.25, -0.2) is 4.79 Å². The normalized spacial score (nSPS) is 26.5. The molecule has 1 saturated heterocycles. The maximum atomic E-state index is 12.3. The van der Waals surface area contributed by atoms with Crippen LogP contribution in [0.4, 0.5) is 4.79 Å². The first-order valence-corrected chi connectivity index (χ1v) is 8.74. The summed E-state index contributed by atoms with van der Waals surface area (Å²) in [7, 11) is 0. The number of carbonyl (C=O) groups excluding carboxylic acids is 2. The Kier molecular flexibility index (Phi) is 4.12. The Hall–Kier alpha value is -1.56. The lowest BCUT2D eigenvalue weighted by Gasteiger charge is -2.19.